The van der Waals surface area contributed by atoms with E-state index in [1.165, 1.54) is 18.7 Å². The molecule has 2 rings (SSSR count). The average Bonchev–Trinajstić information content (AvgIpc) is 2.79. The van der Waals surface area contributed by atoms with Gasteiger partial charge in [0.2, 0.25) is 6.39 Å². The number of hydrogen-bond donors (Lipinski definition) is 2. The molecule has 0 unspecified atom stereocenters. The summed E-state index contributed by atoms with van der Waals surface area (Å²) in [6.07, 6.45) is 2.49. The van der Waals surface area contributed by atoms with Crippen molar-refractivity contribution in [3.63, 3.8) is 0 Å². The smallest absolute Gasteiger partial charge is 0.339 e. The Balaban J connectivity index is 2.12. The summed E-state index contributed by atoms with van der Waals surface area (Å²) in [5.41, 5.74) is 0.0403. The third kappa shape index (κ3) is 2.11. The average molecular weight is 221 g/mol. The van der Waals surface area contributed by atoms with E-state index in [0.717, 1.165) is 0 Å². The number of aromatic nitrogens is 4. The van der Waals surface area contributed by atoms with E-state index in [2.05, 4.69) is 30.2 Å². The fourth-order valence-electron chi connectivity index (χ4n) is 1.07. The quantitative estimate of drug-likeness (QED) is 0.750. The zero-order valence-corrected chi connectivity index (χ0v) is 7.99. The van der Waals surface area contributed by atoms with Crippen molar-refractivity contribution in [1.29, 1.82) is 0 Å². The van der Waals surface area contributed by atoms with Crippen molar-refractivity contribution in [2.24, 2.45) is 0 Å². The Kier molecular flexibility index (Phi) is 2.72. The summed E-state index contributed by atoms with van der Waals surface area (Å²) >= 11 is 0. The third-order valence-electron chi connectivity index (χ3n) is 1.77. The maximum Gasteiger partial charge on any atom is 0.339 e. The second-order valence-corrected chi connectivity index (χ2v) is 2.80. The SMILES string of the molecule is O=C(O)c1ccnnc1NCc1ncon1. The first-order chi connectivity index (χ1) is 7.77. The third-order valence-corrected chi connectivity index (χ3v) is 1.77. The van der Waals surface area contributed by atoms with Crippen molar-refractivity contribution < 1.29 is 14.4 Å². The minimum absolute atomic E-state index is 0.0403. The molecule has 8 nitrogen and oxygen atoms in total. The van der Waals surface area contributed by atoms with E-state index < -0.39 is 5.97 Å². The van der Waals surface area contributed by atoms with E-state index >= 15 is 0 Å². The van der Waals surface area contributed by atoms with Gasteiger partial charge in [0.1, 0.15) is 5.56 Å². The van der Waals surface area contributed by atoms with Gasteiger partial charge in [-0.3, -0.25) is 0 Å². The summed E-state index contributed by atoms with van der Waals surface area (Å²) in [4.78, 5) is 14.6. The zero-order valence-electron chi connectivity index (χ0n) is 7.99. The van der Waals surface area contributed by atoms with Crippen LogP contribution >= 0.6 is 0 Å². The van der Waals surface area contributed by atoms with Crippen LogP contribution in [0.3, 0.4) is 0 Å². The van der Waals surface area contributed by atoms with Gasteiger partial charge in [-0.05, 0) is 6.07 Å². The minimum atomic E-state index is -1.08. The molecule has 0 radical (unpaired) electrons. The minimum Gasteiger partial charge on any atom is -0.478 e. The summed E-state index contributed by atoms with van der Waals surface area (Å²) < 4.78 is 4.53. The molecule has 0 aromatic carbocycles. The van der Waals surface area contributed by atoms with Gasteiger partial charge in [-0.1, -0.05) is 5.16 Å². The molecule has 2 heterocycles. The Morgan fingerprint density at radius 2 is 2.44 bits per heavy atom. The molecule has 0 spiro atoms. The second-order valence-electron chi connectivity index (χ2n) is 2.80. The van der Waals surface area contributed by atoms with Crippen molar-refractivity contribution in [1.82, 2.24) is 20.3 Å². The highest BCUT2D eigenvalue weighted by Crippen LogP contribution is 2.10. The number of nitrogens with zero attached hydrogens (tertiary/aromatic N) is 4. The predicted molar refractivity (Wildman–Crippen MR) is 50.6 cm³/mol. The molecule has 0 saturated carbocycles. The van der Waals surface area contributed by atoms with Gasteiger partial charge >= 0.3 is 5.97 Å². The molecule has 2 N–H and O–H groups in total. The van der Waals surface area contributed by atoms with Gasteiger partial charge in [0.05, 0.1) is 12.7 Å². The first-order valence-corrected chi connectivity index (χ1v) is 4.31. The summed E-state index contributed by atoms with van der Waals surface area (Å²) in [6, 6.07) is 1.36. The number of carbonyl (C=O) groups is 1. The zero-order chi connectivity index (χ0) is 11.4. The maximum atomic E-state index is 10.8. The lowest BCUT2D eigenvalue weighted by molar-refractivity contribution is 0.0697. The van der Waals surface area contributed by atoms with Gasteiger partial charge in [-0.2, -0.15) is 10.1 Å². The van der Waals surface area contributed by atoms with Crippen LogP contribution in [0.25, 0.3) is 0 Å². The molecular weight excluding hydrogens is 214 g/mol. The van der Waals surface area contributed by atoms with Gasteiger partial charge in [-0.25, -0.2) is 4.79 Å². The van der Waals surface area contributed by atoms with E-state index in [9.17, 15) is 4.79 Å². The fourth-order valence-corrected chi connectivity index (χ4v) is 1.07. The molecule has 0 bridgehead atoms. The van der Waals surface area contributed by atoms with Crippen LogP contribution < -0.4 is 5.32 Å². The Morgan fingerprint density at radius 1 is 1.56 bits per heavy atom. The highest BCUT2D eigenvalue weighted by atomic mass is 16.5. The monoisotopic (exact) mass is 221 g/mol. The lowest BCUT2D eigenvalue weighted by Gasteiger charge is -2.04. The van der Waals surface area contributed by atoms with Gasteiger partial charge in [0.15, 0.2) is 11.6 Å². The van der Waals surface area contributed by atoms with Crippen molar-refractivity contribution in [2.75, 3.05) is 5.32 Å². The molecule has 2 aromatic heterocycles. The number of rotatable bonds is 4. The first kappa shape index (κ1) is 10.0. The fraction of sp³-hybridized carbons (Fsp3) is 0.125. The molecule has 0 aliphatic rings. The molecule has 8 heteroatoms. The molecule has 0 amide bonds. The van der Waals surface area contributed by atoms with Crippen LogP contribution in [-0.2, 0) is 6.54 Å². The Morgan fingerprint density at radius 3 is 3.12 bits per heavy atom. The van der Waals surface area contributed by atoms with Crippen LogP contribution in [0.1, 0.15) is 16.2 Å². The Labute approximate surface area is 89.3 Å². The molecule has 2 aromatic rings. The lowest BCUT2D eigenvalue weighted by Crippen LogP contribution is -2.09. The number of anilines is 1. The summed E-state index contributed by atoms with van der Waals surface area (Å²) in [6.45, 7) is 0.218. The largest absolute Gasteiger partial charge is 0.478 e. The van der Waals surface area contributed by atoms with Crippen LogP contribution in [0.5, 0.6) is 0 Å². The standard InChI is InChI=1S/C8H7N5O3/c14-8(15)5-1-2-11-12-7(5)9-3-6-10-4-16-13-6/h1-2,4H,3H2,(H,9,12)(H,14,15). The van der Waals surface area contributed by atoms with Crippen LogP contribution in [0.4, 0.5) is 5.82 Å². The number of hydrogen-bond acceptors (Lipinski definition) is 7. The van der Waals surface area contributed by atoms with Crippen molar-refractivity contribution >= 4 is 11.8 Å². The highest BCUT2D eigenvalue weighted by molar-refractivity contribution is 5.92. The van der Waals surface area contributed by atoms with E-state index in [0.29, 0.717) is 5.82 Å². The first-order valence-electron chi connectivity index (χ1n) is 4.31. The molecular formula is C8H7N5O3. The van der Waals surface area contributed by atoms with E-state index in [1.54, 1.807) is 0 Å². The predicted octanol–water partition coefficient (Wildman–Crippen LogP) is 0.170. The van der Waals surface area contributed by atoms with Crippen LogP contribution in [0, 0.1) is 0 Å². The molecule has 0 saturated heterocycles. The van der Waals surface area contributed by atoms with Gasteiger partial charge < -0.3 is 14.9 Å². The Hall–Kier alpha value is -2.51. The summed E-state index contributed by atoms with van der Waals surface area (Å²) in [5, 5.41) is 22.4. The van der Waals surface area contributed by atoms with Gasteiger partial charge in [0, 0.05) is 0 Å². The number of carboxylic acid groups (broad SMARTS) is 1. The highest BCUT2D eigenvalue weighted by Gasteiger charge is 2.11. The topological polar surface area (TPSA) is 114 Å². The van der Waals surface area contributed by atoms with Crippen LogP contribution in [-0.4, -0.2) is 31.4 Å². The van der Waals surface area contributed by atoms with Gasteiger partial charge in [-0.15, -0.1) is 5.10 Å². The van der Waals surface area contributed by atoms with Gasteiger partial charge in [0.25, 0.3) is 0 Å². The van der Waals surface area contributed by atoms with E-state index in [1.807, 2.05) is 0 Å². The molecule has 0 atom stereocenters. The van der Waals surface area contributed by atoms with Crippen molar-refractivity contribution in [3.05, 3.63) is 30.0 Å². The summed E-state index contributed by atoms with van der Waals surface area (Å²) in [7, 11) is 0. The van der Waals surface area contributed by atoms with Crippen LogP contribution in [0.2, 0.25) is 0 Å². The van der Waals surface area contributed by atoms with E-state index in [-0.39, 0.29) is 17.9 Å². The van der Waals surface area contributed by atoms with Crippen molar-refractivity contribution in [3.8, 4) is 0 Å². The number of nitrogens with one attached hydrogen (secondary N) is 1. The number of aromatic carboxylic acids is 1. The molecule has 0 aliphatic carbocycles. The lowest BCUT2D eigenvalue weighted by atomic mass is 10.3. The second kappa shape index (κ2) is 4.34. The van der Waals surface area contributed by atoms with Crippen LogP contribution in [0.15, 0.2) is 23.2 Å². The normalized spacial score (nSPS) is 10.0. The van der Waals surface area contributed by atoms with E-state index in [4.69, 9.17) is 5.11 Å². The molecule has 16 heavy (non-hydrogen) atoms. The Bertz CT molecular complexity index is 484. The molecule has 82 valence electrons. The van der Waals surface area contributed by atoms with Crippen molar-refractivity contribution in [2.45, 2.75) is 6.54 Å². The number of carboxylic acids is 1. The maximum absolute atomic E-state index is 10.8. The molecule has 0 aliphatic heterocycles. The molecule has 0 fully saturated rings. The summed E-state index contributed by atoms with van der Waals surface area (Å²) in [5.74, 6) is -0.507.